The standard InChI is InChI=1S/C16H23N3O3.ClH/c1-11-3-4-12(16(21)18-13-5-6-13)9-14(11)19-15(20)10-17-7-8-22-2;/h3-4,9,13,17H,5-8,10H2,1-2H3,(H,18,21)(H,19,20);1H. The Hall–Kier alpha value is -1.63. The number of benzene rings is 1. The minimum Gasteiger partial charge on any atom is -0.383 e. The molecule has 6 nitrogen and oxygen atoms in total. The van der Waals surface area contributed by atoms with Crippen LogP contribution in [-0.4, -0.2) is 44.7 Å². The number of rotatable bonds is 8. The summed E-state index contributed by atoms with van der Waals surface area (Å²) in [5, 5.41) is 8.75. The fourth-order valence-corrected chi connectivity index (χ4v) is 1.96. The van der Waals surface area contributed by atoms with Gasteiger partial charge in [0, 0.05) is 30.9 Å². The van der Waals surface area contributed by atoms with Gasteiger partial charge in [-0.3, -0.25) is 9.59 Å². The lowest BCUT2D eigenvalue weighted by molar-refractivity contribution is -0.115. The number of anilines is 1. The quantitative estimate of drug-likeness (QED) is 0.626. The van der Waals surface area contributed by atoms with E-state index in [1.54, 1.807) is 19.2 Å². The smallest absolute Gasteiger partial charge is 0.251 e. The fourth-order valence-electron chi connectivity index (χ4n) is 1.96. The van der Waals surface area contributed by atoms with Crippen molar-refractivity contribution >= 4 is 29.9 Å². The summed E-state index contributed by atoms with van der Waals surface area (Å²) >= 11 is 0. The molecule has 0 bridgehead atoms. The van der Waals surface area contributed by atoms with E-state index < -0.39 is 0 Å². The molecule has 1 aliphatic rings. The minimum absolute atomic E-state index is 0. The number of hydrogen-bond donors (Lipinski definition) is 3. The van der Waals surface area contributed by atoms with E-state index in [1.807, 2.05) is 13.0 Å². The number of aryl methyl sites for hydroxylation is 1. The van der Waals surface area contributed by atoms with E-state index in [1.165, 1.54) is 0 Å². The van der Waals surface area contributed by atoms with Crippen molar-refractivity contribution in [3.05, 3.63) is 29.3 Å². The second-order valence-electron chi connectivity index (χ2n) is 5.50. The van der Waals surface area contributed by atoms with Gasteiger partial charge in [0.15, 0.2) is 0 Å². The molecule has 3 N–H and O–H groups in total. The first-order valence-electron chi connectivity index (χ1n) is 7.51. The lowest BCUT2D eigenvalue weighted by atomic mass is 10.1. The van der Waals surface area contributed by atoms with Gasteiger partial charge in [-0.2, -0.15) is 0 Å². The molecule has 23 heavy (non-hydrogen) atoms. The Morgan fingerprint density at radius 1 is 1.30 bits per heavy atom. The van der Waals surface area contributed by atoms with Crippen molar-refractivity contribution in [1.29, 1.82) is 0 Å². The Bertz CT molecular complexity index is 547. The second-order valence-corrected chi connectivity index (χ2v) is 5.50. The molecule has 2 amide bonds. The van der Waals surface area contributed by atoms with Crippen molar-refractivity contribution in [2.45, 2.75) is 25.8 Å². The molecule has 0 radical (unpaired) electrons. The highest BCUT2D eigenvalue weighted by atomic mass is 35.5. The topological polar surface area (TPSA) is 79.5 Å². The molecule has 1 fully saturated rings. The molecule has 0 unspecified atom stereocenters. The lowest BCUT2D eigenvalue weighted by Crippen LogP contribution is -2.30. The summed E-state index contributed by atoms with van der Waals surface area (Å²) in [7, 11) is 1.61. The molecular formula is C16H24ClN3O3. The zero-order chi connectivity index (χ0) is 15.9. The molecule has 0 saturated heterocycles. The maximum Gasteiger partial charge on any atom is 0.251 e. The summed E-state index contributed by atoms with van der Waals surface area (Å²) in [6.45, 7) is 3.29. The first-order chi connectivity index (χ1) is 10.6. The van der Waals surface area contributed by atoms with Crippen LogP contribution in [0.1, 0.15) is 28.8 Å². The van der Waals surface area contributed by atoms with Crippen molar-refractivity contribution in [1.82, 2.24) is 10.6 Å². The number of methoxy groups -OCH3 is 1. The predicted octanol–water partition coefficient (Wildman–Crippen LogP) is 1.48. The largest absolute Gasteiger partial charge is 0.383 e. The molecule has 2 rings (SSSR count). The van der Waals surface area contributed by atoms with Crippen LogP contribution in [0.3, 0.4) is 0 Å². The third-order valence-electron chi connectivity index (χ3n) is 3.45. The van der Waals surface area contributed by atoms with Crippen molar-refractivity contribution in [3.8, 4) is 0 Å². The van der Waals surface area contributed by atoms with Gasteiger partial charge < -0.3 is 20.7 Å². The summed E-state index contributed by atoms with van der Waals surface area (Å²) in [5.74, 6) is -0.227. The van der Waals surface area contributed by atoms with Crippen LogP contribution in [0.2, 0.25) is 0 Å². The van der Waals surface area contributed by atoms with Crippen LogP contribution in [0, 0.1) is 6.92 Å². The van der Waals surface area contributed by atoms with Gasteiger partial charge in [0.25, 0.3) is 5.91 Å². The number of nitrogens with one attached hydrogen (secondary N) is 3. The third kappa shape index (κ3) is 6.56. The Kier molecular flexibility index (Phi) is 8.02. The molecular weight excluding hydrogens is 318 g/mol. The Morgan fingerprint density at radius 3 is 2.70 bits per heavy atom. The first-order valence-corrected chi connectivity index (χ1v) is 7.51. The fraction of sp³-hybridized carbons (Fsp3) is 0.500. The van der Waals surface area contributed by atoms with E-state index in [0.717, 1.165) is 18.4 Å². The molecule has 0 atom stereocenters. The second kappa shape index (κ2) is 9.50. The van der Waals surface area contributed by atoms with E-state index in [4.69, 9.17) is 4.74 Å². The van der Waals surface area contributed by atoms with Crippen molar-refractivity contribution in [3.63, 3.8) is 0 Å². The number of amides is 2. The molecule has 0 spiro atoms. The summed E-state index contributed by atoms with van der Waals surface area (Å²) in [4.78, 5) is 23.9. The van der Waals surface area contributed by atoms with Crippen LogP contribution in [0.15, 0.2) is 18.2 Å². The summed E-state index contributed by atoms with van der Waals surface area (Å²) in [6.07, 6.45) is 2.10. The number of ether oxygens (including phenoxy) is 1. The first kappa shape index (κ1) is 19.4. The van der Waals surface area contributed by atoms with Gasteiger partial charge in [0.2, 0.25) is 5.91 Å². The van der Waals surface area contributed by atoms with Gasteiger partial charge in [0.05, 0.1) is 13.2 Å². The van der Waals surface area contributed by atoms with Gasteiger partial charge >= 0.3 is 0 Å². The normalized spacial score (nSPS) is 13.1. The zero-order valence-corrected chi connectivity index (χ0v) is 14.3. The number of hydrogen-bond acceptors (Lipinski definition) is 4. The lowest BCUT2D eigenvalue weighted by Gasteiger charge is -2.11. The van der Waals surface area contributed by atoms with Crippen LogP contribution in [-0.2, 0) is 9.53 Å². The summed E-state index contributed by atoms with van der Waals surface area (Å²) in [5.41, 5.74) is 2.16. The van der Waals surface area contributed by atoms with E-state index in [9.17, 15) is 9.59 Å². The highest BCUT2D eigenvalue weighted by molar-refractivity contribution is 5.98. The van der Waals surface area contributed by atoms with E-state index in [-0.39, 0.29) is 30.8 Å². The Morgan fingerprint density at radius 2 is 2.04 bits per heavy atom. The maximum absolute atomic E-state index is 12.0. The van der Waals surface area contributed by atoms with Crippen LogP contribution in [0.4, 0.5) is 5.69 Å². The molecule has 7 heteroatoms. The van der Waals surface area contributed by atoms with Gasteiger partial charge in [-0.1, -0.05) is 6.07 Å². The maximum atomic E-state index is 12.0. The number of carbonyl (C=O) groups is 2. The Labute approximate surface area is 142 Å². The third-order valence-corrected chi connectivity index (χ3v) is 3.45. The zero-order valence-electron chi connectivity index (χ0n) is 13.5. The molecule has 0 aromatic heterocycles. The molecule has 128 valence electrons. The van der Waals surface area contributed by atoms with Crippen molar-refractivity contribution in [2.75, 3.05) is 32.1 Å². The molecule has 1 aromatic carbocycles. The Balaban J connectivity index is 0.00000264. The average Bonchev–Trinajstić information content (AvgIpc) is 3.30. The summed E-state index contributed by atoms with van der Waals surface area (Å²) < 4.78 is 4.90. The van der Waals surface area contributed by atoms with E-state index in [0.29, 0.717) is 30.4 Å². The minimum atomic E-state index is -0.140. The molecule has 0 aliphatic heterocycles. The average molecular weight is 342 g/mol. The van der Waals surface area contributed by atoms with E-state index >= 15 is 0 Å². The molecule has 1 saturated carbocycles. The van der Waals surface area contributed by atoms with Crippen LogP contribution < -0.4 is 16.0 Å². The van der Waals surface area contributed by atoms with Gasteiger partial charge in [-0.05, 0) is 37.5 Å². The number of halogens is 1. The molecule has 1 aliphatic carbocycles. The molecule has 1 aromatic rings. The molecule has 0 heterocycles. The van der Waals surface area contributed by atoms with Crippen LogP contribution in [0.25, 0.3) is 0 Å². The SMILES string of the molecule is COCCNCC(=O)Nc1cc(C(=O)NC2CC2)ccc1C.Cl. The van der Waals surface area contributed by atoms with Crippen molar-refractivity contribution < 1.29 is 14.3 Å². The van der Waals surface area contributed by atoms with Crippen LogP contribution in [0.5, 0.6) is 0 Å². The van der Waals surface area contributed by atoms with Gasteiger partial charge in [-0.25, -0.2) is 0 Å². The highest BCUT2D eigenvalue weighted by Gasteiger charge is 2.24. The van der Waals surface area contributed by atoms with Gasteiger partial charge in [0.1, 0.15) is 0 Å². The number of carbonyl (C=O) groups excluding carboxylic acids is 2. The monoisotopic (exact) mass is 341 g/mol. The predicted molar refractivity (Wildman–Crippen MR) is 92.3 cm³/mol. The highest BCUT2D eigenvalue weighted by Crippen LogP contribution is 2.21. The van der Waals surface area contributed by atoms with E-state index in [2.05, 4.69) is 16.0 Å². The van der Waals surface area contributed by atoms with Crippen LogP contribution >= 0.6 is 12.4 Å². The van der Waals surface area contributed by atoms with Crippen molar-refractivity contribution in [2.24, 2.45) is 0 Å². The summed E-state index contributed by atoms with van der Waals surface area (Å²) in [6, 6.07) is 5.66. The van der Waals surface area contributed by atoms with Gasteiger partial charge in [-0.15, -0.1) is 12.4 Å².